The van der Waals surface area contributed by atoms with Crippen LogP contribution in [0.3, 0.4) is 0 Å². The van der Waals surface area contributed by atoms with Crippen LogP contribution in [0.1, 0.15) is 135 Å². The molecule has 13 saturated heterocycles. The van der Waals surface area contributed by atoms with E-state index >= 15 is 0 Å². The third-order valence-electron chi connectivity index (χ3n) is 27.8. The number of aliphatic carboxylic acids is 1. The van der Waals surface area contributed by atoms with Gasteiger partial charge in [-0.2, -0.15) is 11.8 Å². The molecule has 13 aliphatic heterocycles. The molecule has 0 aromatic carbocycles. The van der Waals surface area contributed by atoms with E-state index in [1.54, 1.807) is 6.26 Å². The first-order chi connectivity index (χ1) is 64.0. The van der Waals surface area contributed by atoms with E-state index in [4.69, 9.17) is 5.11 Å². The quantitative estimate of drug-likeness (QED) is 0.0297. The minimum atomic E-state index is -1.32. The lowest BCUT2D eigenvalue weighted by molar-refractivity contribution is -0.148. The molecule has 49 nitrogen and oxygen atoms in total. The van der Waals surface area contributed by atoms with E-state index in [-0.39, 0.29) is 168 Å². The minimum Gasteiger partial charge on any atom is -0.480 e. The monoisotopic (exact) mass is 1910 g/mol. The van der Waals surface area contributed by atoms with Gasteiger partial charge < -0.3 is 142 Å². The summed E-state index contributed by atoms with van der Waals surface area (Å²) in [5.41, 5.74) is 0. The molecule has 0 radical (unpaired) electrons. The molecule has 50 heteroatoms. The van der Waals surface area contributed by atoms with Crippen LogP contribution in [0.4, 0.5) is 0 Å². The third kappa shape index (κ3) is 23.0. The van der Waals surface area contributed by atoms with Crippen molar-refractivity contribution in [3.05, 3.63) is 0 Å². The van der Waals surface area contributed by atoms with Crippen LogP contribution in [0.15, 0.2) is 0 Å². The number of hydrogen-bond donors (Lipinski definition) is 16. The topological polar surface area (TPSA) is 647 Å². The second-order valence-corrected chi connectivity index (χ2v) is 37.7. The maximum Gasteiger partial charge on any atom is 0.322 e. The van der Waals surface area contributed by atoms with Gasteiger partial charge in [0.15, 0.2) is 0 Å². The number of amides is 20. The normalized spacial score (nSPS) is 29.7. The molecule has 738 valence electrons. The summed E-state index contributed by atoms with van der Waals surface area (Å²) in [6, 6.07) is -15.7. The second kappa shape index (κ2) is 44.6. The van der Waals surface area contributed by atoms with E-state index in [0.717, 1.165) is 24.5 Å². The molecule has 13 fully saturated rings. The standard InChI is InChI=1S/C84H123N21O28S/c1-134-24-16-50(93-64(112)32-86-71(120)52-9-3-18-95(52)79(128)51-25-44(106)31-85-51)78(127)94-17-2-10-53(94)72(121)87-33-65(113)101-39-45(107)26-59(101)80(129)96-19-4-11-54(96)73(122)88-34-66(114)102-40-46(108)27-60(102)81(130)97-20-5-12-55(97)74(123)89-35-67(115)103-41-47(109)28-61(103)82(131)98-21-6-13-56(98)75(124)90-36-68(116)104-42-48(110)29-62(104)83(132)99-22-7-14-57(99)76(125)91-37-69(117)105-43-49(111)30-63(105)84(133)100-23-8-15-58(100)77(126)92-38-70(118)119/h44-63,85,106-111H,2-43H2,1H3,(H,86,120)(H,87,121)(H,88,122)(H,89,123)(H,90,124)(H,91,125)(H,92,126)(H,93,112)(H,118,119)/t44-,45-,46-,47-,48-,49-,50+,51+,52+,53+,54+,55+,56+,57+,58+,59+,60+,61+,62+,63+/m1/s1. The highest BCUT2D eigenvalue weighted by Crippen LogP contribution is 2.34. The maximum absolute atomic E-state index is 14.5. The highest BCUT2D eigenvalue weighted by atomic mass is 32.2. The minimum absolute atomic E-state index is 0.0242. The van der Waals surface area contributed by atoms with Crippen molar-refractivity contribution in [2.75, 3.05) is 143 Å². The Morgan fingerprint density at radius 1 is 0.299 bits per heavy atom. The van der Waals surface area contributed by atoms with Gasteiger partial charge in [-0.05, 0) is 115 Å². The van der Waals surface area contributed by atoms with Crippen LogP contribution in [0.2, 0.25) is 0 Å². The summed E-state index contributed by atoms with van der Waals surface area (Å²) in [6.07, 6.45) is -1.61. The van der Waals surface area contributed by atoms with E-state index in [9.17, 15) is 131 Å². The smallest absolute Gasteiger partial charge is 0.322 e. The van der Waals surface area contributed by atoms with Crippen molar-refractivity contribution in [1.82, 2.24) is 107 Å². The Balaban J connectivity index is 0.536. The number of rotatable bonds is 32. The van der Waals surface area contributed by atoms with E-state index in [0.29, 0.717) is 63.7 Å². The van der Waals surface area contributed by atoms with Crippen LogP contribution in [-0.2, 0) is 101 Å². The molecule has 13 heterocycles. The number of carbonyl (C=O) groups is 21. The summed E-state index contributed by atoms with van der Waals surface area (Å²) in [7, 11) is 0. The number of carboxylic acid groups (broad SMARTS) is 1. The van der Waals surface area contributed by atoms with Crippen molar-refractivity contribution < 1.29 is 136 Å². The fourth-order valence-corrected chi connectivity index (χ4v) is 21.7. The zero-order valence-corrected chi connectivity index (χ0v) is 75.5. The van der Waals surface area contributed by atoms with E-state index < -0.39 is 285 Å². The molecule has 0 aromatic heterocycles. The SMILES string of the molecule is CSCC[C@H](NC(=O)CNC(=O)[C@@H]1CCCN1C(=O)[C@@H]1C[C@@H](O)CN1)C(=O)N1CCC[C@H]1C(=O)NCC(=O)N1C[C@H](O)C[C@H]1C(=O)N1CCC[C@H]1C(=O)NCC(=O)N1C[C@H](O)C[C@H]1C(=O)N1CCC[C@H]1C(=O)NCC(=O)N1C[C@H](O)C[C@H]1C(=O)N1CCC[C@H]1C(=O)NCC(=O)N1C[C@H](O)C[C@H]1C(=O)N1CCC[C@H]1C(=O)NCC(=O)N1C[C@H](O)C[C@H]1C(=O)N1CCC[C@H]1C(=O)NCC(=O)O. The predicted molar refractivity (Wildman–Crippen MR) is 460 cm³/mol. The number of β-amino-alcohol motifs (C(OH)–C–C–N with tert-alkyl or cyclic N) is 6. The van der Waals surface area contributed by atoms with Crippen LogP contribution >= 0.6 is 11.8 Å². The first kappa shape index (κ1) is 100. The summed E-state index contributed by atoms with van der Waals surface area (Å²) < 4.78 is 0. The number of carbonyl (C=O) groups excluding carboxylic acids is 20. The number of nitrogens with zero attached hydrogens (tertiary/aromatic N) is 12. The van der Waals surface area contributed by atoms with Crippen LogP contribution in [-0.4, -0.2) is 483 Å². The van der Waals surface area contributed by atoms with Crippen molar-refractivity contribution in [2.45, 2.75) is 256 Å². The summed E-state index contributed by atoms with van der Waals surface area (Å²) >= 11 is 1.41. The lowest BCUT2D eigenvalue weighted by Gasteiger charge is -2.32. The number of nitrogens with one attached hydrogen (secondary N) is 9. The number of likely N-dealkylation sites (tertiary alicyclic amines) is 12. The Bertz CT molecular complexity index is 4540. The van der Waals surface area contributed by atoms with Gasteiger partial charge in [-0.3, -0.25) is 101 Å². The molecule has 134 heavy (non-hydrogen) atoms. The highest BCUT2D eigenvalue weighted by molar-refractivity contribution is 7.98. The zero-order chi connectivity index (χ0) is 96.4. The lowest BCUT2D eigenvalue weighted by Crippen LogP contribution is -2.57. The predicted octanol–water partition coefficient (Wildman–Crippen LogP) is -12.4. The number of aliphatic hydroxyl groups is 6. The Morgan fingerprint density at radius 3 is 0.784 bits per heavy atom. The number of aliphatic hydroxyl groups excluding tert-OH is 6. The van der Waals surface area contributed by atoms with Crippen LogP contribution in [0.5, 0.6) is 0 Å². The molecule has 0 unspecified atom stereocenters. The fourth-order valence-electron chi connectivity index (χ4n) is 21.2. The second-order valence-electron chi connectivity index (χ2n) is 36.8. The van der Waals surface area contributed by atoms with Crippen molar-refractivity contribution in [3.8, 4) is 0 Å². The highest BCUT2D eigenvalue weighted by Gasteiger charge is 2.53. The summed E-state index contributed by atoms with van der Waals surface area (Å²) in [5.74, 6) is -14.8. The van der Waals surface area contributed by atoms with Crippen LogP contribution < -0.4 is 47.9 Å². The number of hydrogen-bond acceptors (Lipinski definition) is 29. The average molecular weight is 1910 g/mol. The van der Waals surface area contributed by atoms with Gasteiger partial charge in [0.05, 0.1) is 81.9 Å². The molecule has 13 aliphatic rings. The van der Waals surface area contributed by atoms with Crippen molar-refractivity contribution in [1.29, 1.82) is 0 Å². The third-order valence-corrected chi connectivity index (χ3v) is 28.5. The van der Waals surface area contributed by atoms with Gasteiger partial charge >= 0.3 is 5.97 Å². The molecular formula is C84H123N21O28S. The molecule has 20 amide bonds. The zero-order valence-electron chi connectivity index (χ0n) is 74.7. The average Bonchev–Trinajstić information content (AvgIpc) is 1.65. The Hall–Kier alpha value is -11.1. The van der Waals surface area contributed by atoms with Gasteiger partial charge in [-0.1, -0.05) is 0 Å². The maximum atomic E-state index is 14.5. The van der Waals surface area contributed by atoms with Gasteiger partial charge in [-0.25, -0.2) is 0 Å². The summed E-state index contributed by atoms with van der Waals surface area (Å²) in [5, 5.41) is 96.4. The Labute approximate surface area is 774 Å². The fraction of sp³-hybridized carbons (Fsp3) is 0.750. The van der Waals surface area contributed by atoms with E-state index in [1.807, 2.05) is 0 Å². The number of carboxylic acids is 1. The molecule has 20 atom stereocenters. The molecule has 16 N–H and O–H groups in total. The molecule has 13 rings (SSSR count). The van der Waals surface area contributed by atoms with Gasteiger partial charge in [0.25, 0.3) is 0 Å². The van der Waals surface area contributed by atoms with Crippen molar-refractivity contribution >= 4 is 136 Å². The Morgan fingerprint density at radius 2 is 0.537 bits per heavy atom. The molecule has 0 bridgehead atoms. The first-order valence-corrected chi connectivity index (χ1v) is 47.8. The molecule has 0 aromatic rings. The van der Waals surface area contributed by atoms with Gasteiger partial charge in [0, 0.05) is 117 Å². The molecular weight excluding hydrogens is 1780 g/mol. The van der Waals surface area contributed by atoms with Crippen LogP contribution in [0.25, 0.3) is 0 Å². The van der Waals surface area contributed by atoms with E-state index in [1.165, 1.54) is 46.1 Å². The largest absolute Gasteiger partial charge is 0.480 e. The summed E-state index contributed by atoms with van der Waals surface area (Å²) in [6.45, 7) is -5.21. The van der Waals surface area contributed by atoms with Gasteiger partial charge in [0.2, 0.25) is 118 Å². The lowest BCUT2D eigenvalue weighted by atomic mass is 10.1. The van der Waals surface area contributed by atoms with Crippen molar-refractivity contribution in [2.24, 2.45) is 0 Å². The molecule has 0 spiro atoms. The van der Waals surface area contributed by atoms with Gasteiger partial charge in [-0.15, -0.1) is 0 Å². The van der Waals surface area contributed by atoms with Gasteiger partial charge in [0.1, 0.15) is 85.1 Å². The first-order valence-electron chi connectivity index (χ1n) is 46.4. The van der Waals surface area contributed by atoms with Crippen molar-refractivity contribution in [3.63, 3.8) is 0 Å². The van der Waals surface area contributed by atoms with Crippen LogP contribution in [0, 0.1) is 0 Å². The summed E-state index contributed by atoms with van der Waals surface area (Å²) in [4.78, 5) is 304. The Kier molecular flexibility index (Phi) is 33.4. The molecule has 0 saturated carbocycles. The number of thioether (sulfide) groups is 1. The molecule has 0 aliphatic carbocycles. The van der Waals surface area contributed by atoms with E-state index in [2.05, 4.69) is 47.9 Å².